The molecule has 3 aromatic rings. The summed E-state index contributed by atoms with van der Waals surface area (Å²) in [5, 5.41) is 10.1. The van der Waals surface area contributed by atoms with Crippen molar-refractivity contribution in [1.29, 1.82) is 0 Å². The number of oxazole rings is 1. The zero-order valence-electron chi connectivity index (χ0n) is 19.0. The molecular formula is C23H29N7O3. The summed E-state index contributed by atoms with van der Waals surface area (Å²) in [4.78, 5) is 32.8. The molecule has 3 atom stereocenters. The third kappa shape index (κ3) is 4.74. The standard InChI is InChI=1S/C21H23N7O3.C2H6/c1-28-9-15(18(27-28)19(22)29)25-20(30)16-10-31-21(26-16)13-4-5-23-17(8-13)24-14-7-11-2-3-12(14)6-11;1-2/h4-5,8-12,14H,2-3,6-7H2,1H3,(H2,22,29)(H,23,24)(H,25,30);1-2H3. The number of anilines is 2. The topological polar surface area (TPSA) is 141 Å². The molecule has 2 saturated carbocycles. The number of hydrogen-bond donors (Lipinski definition) is 3. The summed E-state index contributed by atoms with van der Waals surface area (Å²) < 4.78 is 6.92. The Labute approximate surface area is 192 Å². The zero-order chi connectivity index (χ0) is 23.5. The SMILES string of the molecule is CC.Cn1cc(NC(=O)c2coc(-c3ccnc(NC4CC5CCC4C5)c3)n2)c(C(N)=O)n1. The Balaban J connectivity index is 0.00000126. The largest absolute Gasteiger partial charge is 0.444 e. The van der Waals surface area contributed by atoms with E-state index in [-0.39, 0.29) is 17.1 Å². The van der Waals surface area contributed by atoms with Gasteiger partial charge in [-0.1, -0.05) is 20.3 Å². The van der Waals surface area contributed by atoms with Crippen LogP contribution in [0.25, 0.3) is 11.5 Å². The Morgan fingerprint density at radius 3 is 2.76 bits per heavy atom. The number of nitrogens with one attached hydrogen (secondary N) is 2. The van der Waals surface area contributed by atoms with E-state index in [4.69, 9.17) is 10.2 Å². The Bertz CT molecular complexity index is 1150. The Kier molecular flexibility index (Phi) is 6.43. The molecule has 0 spiro atoms. The molecule has 0 saturated heterocycles. The van der Waals surface area contributed by atoms with Crippen molar-refractivity contribution in [3.8, 4) is 11.5 Å². The summed E-state index contributed by atoms with van der Waals surface area (Å²) in [7, 11) is 1.63. The van der Waals surface area contributed by atoms with Crippen molar-refractivity contribution in [2.45, 2.75) is 45.6 Å². The van der Waals surface area contributed by atoms with Crippen molar-refractivity contribution in [2.24, 2.45) is 24.6 Å². The molecule has 5 rings (SSSR count). The average Bonchev–Trinajstić information content (AvgIpc) is 3.60. The molecule has 174 valence electrons. The summed E-state index contributed by atoms with van der Waals surface area (Å²) >= 11 is 0. The smallest absolute Gasteiger partial charge is 0.277 e. The van der Waals surface area contributed by atoms with Crippen LogP contribution in [0.1, 0.15) is 60.5 Å². The molecule has 4 N–H and O–H groups in total. The van der Waals surface area contributed by atoms with Crippen molar-refractivity contribution in [3.05, 3.63) is 42.2 Å². The monoisotopic (exact) mass is 451 g/mol. The van der Waals surface area contributed by atoms with Gasteiger partial charge in [-0.2, -0.15) is 5.10 Å². The molecule has 3 aromatic heterocycles. The van der Waals surface area contributed by atoms with Crippen molar-refractivity contribution in [2.75, 3.05) is 10.6 Å². The normalized spacial score (nSPS) is 20.8. The Morgan fingerprint density at radius 2 is 2.06 bits per heavy atom. The quantitative estimate of drug-likeness (QED) is 0.521. The fourth-order valence-corrected chi connectivity index (χ4v) is 4.71. The highest BCUT2D eigenvalue weighted by Gasteiger charge is 2.39. The molecule has 33 heavy (non-hydrogen) atoms. The fraction of sp³-hybridized carbons (Fsp3) is 0.435. The van der Waals surface area contributed by atoms with Crippen LogP contribution < -0.4 is 16.4 Å². The third-order valence-electron chi connectivity index (χ3n) is 6.13. The van der Waals surface area contributed by atoms with Crippen LogP contribution in [-0.4, -0.2) is 37.6 Å². The van der Waals surface area contributed by atoms with Crippen LogP contribution in [0, 0.1) is 11.8 Å². The Hall–Kier alpha value is -3.69. The number of nitrogens with zero attached hydrogens (tertiary/aromatic N) is 4. The first-order valence-electron chi connectivity index (χ1n) is 11.3. The highest BCUT2D eigenvalue weighted by molar-refractivity contribution is 6.07. The van der Waals surface area contributed by atoms with Crippen molar-refractivity contribution >= 4 is 23.3 Å². The second-order valence-corrected chi connectivity index (χ2v) is 8.28. The minimum Gasteiger partial charge on any atom is -0.444 e. The van der Waals surface area contributed by atoms with Gasteiger partial charge in [-0.15, -0.1) is 0 Å². The lowest BCUT2D eigenvalue weighted by Gasteiger charge is -2.23. The number of carbonyl (C=O) groups is 2. The van der Waals surface area contributed by atoms with E-state index in [0.29, 0.717) is 11.9 Å². The van der Waals surface area contributed by atoms with Gasteiger partial charge in [-0.25, -0.2) is 9.97 Å². The van der Waals surface area contributed by atoms with Crippen LogP contribution in [0.4, 0.5) is 11.5 Å². The van der Waals surface area contributed by atoms with E-state index < -0.39 is 11.8 Å². The first-order chi connectivity index (χ1) is 16.0. The van der Waals surface area contributed by atoms with E-state index >= 15 is 0 Å². The number of hydrogen-bond acceptors (Lipinski definition) is 7. The zero-order valence-corrected chi connectivity index (χ0v) is 19.0. The summed E-state index contributed by atoms with van der Waals surface area (Å²) in [6, 6.07) is 4.13. The van der Waals surface area contributed by atoms with E-state index in [0.717, 1.165) is 23.2 Å². The van der Waals surface area contributed by atoms with Crippen molar-refractivity contribution < 1.29 is 14.0 Å². The van der Waals surface area contributed by atoms with Crippen LogP contribution >= 0.6 is 0 Å². The lowest BCUT2D eigenvalue weighted by Crippen LogP contribution is -2.26. The third-order valence-corrected chi connectivity index (χ3v) is 6.13. The lowest BCUT2D eigenvalue weighted by molar-refractivity contribution is 0.0995. The molecule has 0 aromatic carbocycles. The number of fused-ring (bicyclic) bond motifs is 2. The molecule has 3 unspecified atom stereocenters. The number of pyridine rings is 1. The highest BCUT2D eigenvalue weighted by atomic mass is 16.3. The molecular weight excluding hydrogens is 422 g/mol. The summed E-state index contributed by atoms with van der Waals surface area (Å²) in [6.45, 7) is 4.00. The van der Waals surface area contributed by atoms with Gasteiger partial charge in [-0.3, -0.25) is 14.3 Å². The number of amides is 2. The minimum atomic E-state index is -0.732. The van der Waals surface area contributed by atoms with Gasteiger partial charge in [0, 0.05) is 31.0 Å². The van der Waals surface area contributed by atoms with Gasteiger partial charge in [0.1, 0.15) is 12.1 Å². The molecule has 3 heterocycles. The Morgan fingerprint density at radius 1 is 1.24 bits per heavy atom. The number of aryl methyl sites for hydroxylation is 1. The number of carbonyl (C=O) groups excluding carboxylic acids is 2. The van der Waals surface area contributed by atoms with E-state index in [1.54, 1.807) is 19.3 Å². The van der Waals surface area contributed by atoms with Crippen molar-refractivity contribution in [1.82, 2.24) is 19.7 Å². The molecule has 2 bridgehead atoms. The maximum Gasteiger partial charge on any atom is 0.277 e. The maximum absolute atomic E-state index is 12.6. The predicted octanol–water partition coefficient (Wildman–Crippen LogP) is 3.45. The molecule has 10 heteroatoms. The first kappa shape index (κ1) is 22.5. The summed E-state index contributed by atoms with van der Waals surface area (Å²) in [5.74, 6) is 1.40. The van der Waals surface area contributed by atoms with Gasteiger partial charge >= 0.3 is 0 Å². The average molecular weight is 452 g/mol. The second-order valence-electron chi connectivity index (χ2n) is 8.28. The first-order valence-corrected chi connectivity index (χ1v) is 11.3. The van der Waals surface area contributed by atoms with Crippen molar-refractivity contribution in [3.63, 3.8) is 0 Å². The predicted molar refractivity (Wildman–Crippen MR) is 124 cm³/mol. The van der Waals surface area contributed by atoms with Crippen LogP contribution in [0.15, 0.2) is 35.2 Å². The number of nitrogens with two attached hydrogens (primary N) is 1. The van der Waals surface area contributed by atoms with E-state index in [1.165, 1.54) is 42.8 Å². The van der Waals surface area contributed by atoms with E-state index in [2.05, 4.69) is 25.7 Å². The van der Waals surface area contributed by atoms with Gasteiger partial charge in [0.2, 0.25) is 5.89 Å². The number of rotatable bonds is 6. The van der Waals surface area contributed by atoms with E-state index in [9.17, 15) is 9.59 Å². The lowest BCUT2D eigenvalue weighted by atomic mass is 9.95. The van der Waals surface area contributed by atoms with Gasteiger partial charge in [-0.05, 0) is 43.2 Å². The fourth-order valence-electron chi connectivity index (χ4n) is 4.71. The van der Waals surface area contributed by atoms with Crippen LogP contribution in [-0.2, 0) is 7.05 Å². The molecule has 0 aliphatic heterocycles. The van der Waals surface area contributed by atoms with E-state index in [1.807, 2.05) is 19.9 Å². The minimum absolute atomic E-state index is 0.0231. The van der Waals surface area contributed by atoms with Crippen LogP contribution in [0.3, 0.4) is 0 Å². The number of primary amides is 1. The van der Waals surface area contributed by atoms with Gasteiger partial charge in [0.25, 0.3) is 11.8 Å². The molecule has 0 radical (unpaired) electrons. The summed E-state index contributed by atoms with van der Waals surface area (Å²) in [6.07, 6.45) is 9.60. The molecule has 2 aliphatic carbocycles. The molecule has 10 nitrogen and oxygen atoms in total. The van der Waals surface area contributed by atoms with Gasteiger partial charge < -0.3 is 20.8 Å². The maximum atomic E-state index is 12.6. The second kappa shape index (κ2) is 9.43. The van der Waals surface area contributed by atoms with Crippen LogP contribution in [0.5, 0.6) is 0 Å². The molecule has 2 amide bonds. The molecule has 2 fully saturated rings. The highest BCUT2D eigenvalue weighted by Crippen LogP contribution is 2.45. The van der Waals surface area contributed by atoms with Crippen LogP contribution in [0.2, 0.25) is 0 Å². The number of aromatic nitrogens is 4. The van der Waals surface area contributed by atoms with Gasteiger partial charge in [0.15, 0.2) is 11.4 Å². The van der Waals surface area contributed by atoms with Gasteiger partial charge in [0.05, 0.1) is 5.69 Å². The summed E-state index contributed by atoms with van der Waals surface area (Å²) in [5.41, 5.74) is 6.29. The molecule has 2 aliphatic rings.